The molecule has 2 bridgehead atoms. The first-order valence-electron chi connectivity index (χ1n) is 4.20. The van der Waals surface area contributed by atoms with Gasteiger partial charge in [-0.25, -0.2) is 0 Å². The van der Waals surface area contributed by atoms with Crippen LogP contribution in [0.4, 0.5) is 0 Å². The summed E-state index contributed by atoms with van der Waals surface area (Å²) >= 11 is 0. The van der Waals surface area contributed by atoms with Crippen LogP contribution >= 0.6 is 34.0 Å². The van der Waals surface area contributed by atoms with Crippen LogP contribution < -0.4 is 5.73 Å². The van der Waals surface area contributed by atoms with E-state index in [1.165, 1.54) is 25.9 Å². The second-order valence-corrected chi connectivity index (χ2v) is 4.06. The van der Waals surface area contributed by atoms with Gasteiger partial charge in [0.2, 0.25) is 0 Å². The number of piperidine rings is 3. The highest BCUT2D eigenvalue weighted by Gasteiger charge is 2.39. The zero-order chi connectivity index (χ0) is 7.19. The third-order valence-corrected chi connectivity index (χ3v) is 3.08. The summed E-state index contributed by atoms with van der Waals surface area (Å²) in [6, 6.07) is 0. The average Bonchev–Trinajstić information content (AvgIpc) is 1.87. The molecule has 0 spiro atoms. The predicted molar refractivity (Wildman–Crippen MR) is 62.4 cm³/mol. The molecule has 0 aromatic carbocycles. The van der Waals surface area contributed by atoms with Crippen LogP contribution in [0.25, 0.3) is 0 Å². The minimum atomic E-state index is 0. The van der Waals surface area contributed by atoms with Gasteiger partial charge >= 0.3 is 0 Å². The van der Waals surface area contributed by atoms with Crippen molar-refractivity contribution in [1.82, 2.24) is 4.90 Å². The fourth-order valence-electron chi connectivity index (χ4n) is 2.36. The monoisotopic (exact) mass is 300 g/mol. The van der Waals surface area contributed by atoms with Gasteiger partial charge in [0, 0.05) is 12.1 Å². The summed E-state index contributed by atoms with van der Waals surface area (Å²) in [6.45, 7) is 5.90. The number of hydrogen-bond acceptors (Lipinski definition) is 2. The SMILES string of the molecule is Br.Br.CC1(N)CN2CCC1CC2. The van der Waals surface area contributed by atoms with Crippen LogP contribution in [0.15, 0.2) is 0 Å². The van der Waals surface area contributed by atoms with Crippen molar-refractivity contribution in [1.29, 1.82) is 0 Å². The number of halogens is 2. The maximum absolute atomic E-state index is 6.12. The van der Waals surface area contributed by atoms with Crippen LogP contribution in [0.2, 0.25) is 0 Å². The molecule has 3 fully saturated rings. The third-order valence-electron chi connectivity index (χ3n) is 3.08. The summed E-state index contributed by atoms with van der Waals surface area (Å²) in [5.74, 6) is 0.803. The molecule has 0 aromatic rings. The number of fused-ring (bicyclic) bond motifs is 3. The standard InChI is InChI=1S/C8H16N2.2BrH/c1-8(9)6-10-4-2-7(8)3-5-10;;/h7H,2-6,9H2,1H3;2*1H. The van der Waals surface area contributed by atoms with Crippen LogP contribution in [0.5, 0.6) is 0 Å². The van der Waals surface area contributed by atoms with Gasteiger partial charge in [0.05, 0.1) is 0 Å². The zero-order valence-electron chi connectivity index (χ0n) is 7.45. The van der Waals surface area contributed by atoms with E-state index in [4.69, 9.17) is 5.73 Å². The fourth-order valence-corrected chi connectivity index (χ4v) is 2.36. The lowest BCUT2D eigenvalue weighted by atomic mass is 9.75. The van der Waals surface area contributed by atoms with Crippen LogP contribution in [-0.2, 0) is 0 Å². The van der Waals surface area contributed by atoms with Gasteiger partial charge in [-0.3, -0.25) is 0 Å². The summed E-state index contributed by atoms with van der Waals surface area (Å²) < 4.78 is 0. The molecule has 0 radical (unpaired) electrons. The van der Waals surface area contributed by atoms with Crippen LogP contribution in [0.1, 0.15) is 19.8 Å². The highest BCUT2D eigenvalue weighted by Crippen LogP contribution is 2.33. The van der Waals surface area contributed by atoms with Crippen LogP contribution in [0, 0.1) is 5.92 Å². The van der Waals surface area contributed by atoms with E-state index in [-0.39, 0.29) is 39.5 Å². The largest absolute Gasteiger partial charge is 0.324 e. The molecule has 1 atom stereocenters. The molecule has 2 N–H and O–H groups in total. The van der Waals surface area contributed by atoms with Gasteiger partial charge < -0.3 is 10.6 Å². The van der Waals surface area contributed by atoms with Crippen molar-refractivity contribution >= 4 is 34.0 Å². The highest BCUT2D eigenvalue weighted by atomic mass is 79.9. The summed E-state index contributed by atoms with van der Waals surface area (Å²) in [5.41, 5.74) is 6.24. The van der Waals surface area contributed by atoms with Crippen molar-refractivity contribution in [2.75, 3.05) is 19.6 Å². The topological polar surface area (TPSA) is 29.3 Å². The Labute approximate surface area is 95.4 Å². The summed E-state index contributed by atoms with van der Waals surface area (Å²) in [7, 11) is 0. The van der Waals surface area contributed by atoms with E-state index < -0.39 is 0 Å². The Morgan fingerprint density at radius 2 is 1.75 bits per heavy atom. The first kappa shape index (κ1) is 12.9. The Hall–Kier alpha value is 0.880. The van der Waals surface area contributed by atoms with E-state index in [0.29, 0.717) is 0 Å². The van der Waals surface area contributed by atoms with E-state index in [1.807, 2.05) is 0 Å². The molecule has 12 heavy (non-hydrogen) atoms. The molecule has 3 heterocycles. The molecular formula is C8H18Br2N2. The first-order chi connectivity index (χ1) is 4.68. The van der Waals surface area contributed by atoms with Crippen molar-refractivity contribution in [2.24, 2.45) is 11.7 Å². The summed E-state index contributed by atoms with van der Waals surface area (Å²) in [5, 5.41) is 0. The lowest BCUT2D eigenvalue weighted by Gasteiger charge is -2.49. The van der Waals surface area contributed by atoms with Gasteiger partial charge in [0.25, 0.3) is 0 Å². The molecule has 1 unspecified atom stereocenters. The van der Waals surface area contributed by atoms with Gasteiger partial charge in [0.1, 0.15) is 0 Å². The smallest absolute Gasteiger partial charge is 0.0284 e. The minimum Gasteiger partial charge on any atom is -0.324 e. The number of nitrogens with two attached hydrogens (primary N) is 1. The molecule has 0 amide bonds. The molecule has 3 aliphatic rings. The van der Waals surface area contributed by atoms with Crippen molar-refractivity contribution in [3.8, 4) is 0 Å². The van der Waals surface area contributed by atoms with Crippen molar-refractivity contribution in [2.45, 2.75) is 25.3 Å². The molecular weight excluding hydrogens is 284 g/mol. The van der Waals surface area contributed by atoms with Crippen molar-refractivity contribution < 1.29 is 0 Å². The second-order valence-electron chi connectivity index (χ2n) is 4.06. The Kier molecular flexibility index (Phi) is 4.72. The second kappa shape index (κ2) is 4.40. The summed E-state index contributed by atoms with van der Waals surface area (Å²) in [6.07, 6.45) is 2.65. The first-order valence-corrected chi connectivity index (χ1v) is 4.20. The van der Waals surface area contributed by atoms with Gasteiger partial charge in [-0.15, -0.1) is 34.0 Å². The Balaban J connectivity index is 0.000000605. The normalized spacial score (nSPS) is 44.5. The van der Waals surface area contributed by atoms with E-state index >= 15 is 0 Å². The van der Waals surface area contributed by atoms with Crippen molar-refractivity contribution in [3.63, 3.8) is 0 Å². The molecule has 74 valence electrons. The Morgan fingerprint density at radius 1 is 1.25 bits per heavy atom. The predicted octanol–water partition coefficient (Wildman–Crippen LogP) is 1.59. The minimum absolute atomic E-state index is 0. The summed E-state index contributed by atoms with van der Waals surface area (Å²) in [4.78, 5) is 2.49. The molecule has 2 nitrogen and oxygen atoms in total. The van der Waals surface area contributed by atoms with Gasteiger partial charge in [-0.2, -0.15) is 0 Å². The third kappa shape index (κ3) is 2.22. The van der Waals surface area contributed by atoms with Crippen LogP contribution in [0.3, 0.4) is 0 Å². The average molecular weight is 302 g/mol. The molecule has 3 aliphatic heterocycles. The van der Waals surface area contributed by atoms with Crippen LogP contribution in [-0.4, -0.2) is 30.1 Å². The van der Waals surface area contributed by atoms with E-state index in [1.54, 1.807) is 0 Å². The van der Waals surface area contributed by atoms with Crippen molar-refractivity contribution in [3.05, 3.63) is 0 Å². The molecule has 3 rings (SSSR count). The van der Waals surface area contributed by atoms with Gasteiger partial charge in [-0.1, -0.05) is 0 Å². The quantitative estimate of drug-likeness (QED) is 0.736. The van der Waals surface area contributed by atoms with Gasteiger partial charge in [0.15, 0.2) is 0 Å². The molecule has 3 saturated heterocycles. The molecule has 0 aromatic heterocycles. The zero-order valence-corrected chi connectivity index (χ0v) is 10.9. The Morgan fingerprint density at radius 3 is 1.92 bits per heavy atom. The maximum atomic E-state index is 6.12. The molecule has 0 saturated carbocycles. The van der Waals surface area contributed by atoms with E-state index in [0.717, 1.165) is 12.5 Å². The van der Waals surface area contributed by atoms with E-state index in [9.17, 15) is 0 Å². The Bertz CT molecular complexity index is 142. The fraction of sp³-hybridized carbons (Fsp3) is 1.00. The number of hydrogen-bond donors (Lipinski definition) is 1. The van der Waals surface area contributed by atoms with Gasteiger partial charge in [-0.05, 0) is 38.8 Å². The molecule has 4 heteroatoms. The molecule has 0 aliphatic carbocycles. The maximum Gasteiger partial charge on any atom is 0.0284 e. The highest BCUT2D eigenvalue weighted by molar-refractivity contribution is 8.93. The number of rotatable bonds is 0. The number of nitrogens with zero attached hydrogens (tertiary/aromatic N) is 1. The lowest BCUT2D eigenvalue weighted by Crippen LogP contribution is -2.62. The van der Waals surface area contributed by atoms with E-state index in [2.05, 4.69) is 11.8 Å². The lowest BCUT2D eigenvalue weighted by molar-refractivity contribution is 0.0389.